The van der Waals surface area contributed by atoms with E-state index in [-0.39, 0.29) is 10.8 Å². The van der Waals surface area contributed by atoms with Gasteiger partial charge in [0.15, 0.2) is 0 Å². The summed E-state index contributed by atoms with van der Waals surface area (Å²) in [7, 11) is 0. The molecule has 0 saturated heterocycles. The third-order valence-electron chi connectivity index (χ3n) is 15.1. The highest BCUT2D eigenvalue weighted by Gasteiger charge is 2.52. The van der Waals surface area contributed by atoms with Gasteiger partial charge in [-0.2, -0.15) is 0 Å². The lowest BCUT2D eigenvalue weighted by Crippen LogP contribution is -2.26. The molecule has 0 N–H and O–H groups in total. The van der Waals surface area contributed by atoms with Crippen molar-refractivity contribution in [2.24, 2.45) is 0 Å². The normalized spacial score (nSPS) is 15.5. The molecule has 0 fully saturated rings. The SMILES string of the molecule is CC1(C)c2ccccc2-c2ccc(N(c3ccc4c(c3)C(C)(C)c3ccccc3-4)c3ccc4c(c3)C3(c5ccccc5-c5ccccc53)c3cccc(-c5ccccc5)c3-4)cc21. The number of hydrogen-bond donors (Lipinski definition) is 0. The van der Waals surface area contributed by atoms with Crippen molar-refractivity contribution in [3.63, 3.8) is 0 Å². The molecule has 0 atom stereocenters. The quantitative estimate of drug-likeness (QED) is 0.172. The summed E-state index contributed by atoms with van der Waals surface area (Å²) in [5.41, 5.74) is 26.7. The Morgan fingerprint density at radius 2 is 0.645 bits per heavy atom. The van der Waals surface area contributed by atoms with Crippen LogP contribution in [0.25, 0.3) is 55.6 Å². The molecule has 4 aliphatic rings. The number of hydrogen-bond acceptors (Lipinski definition) is 1. The summed E-state index contributed by atoms with van der Waals surface area (Å²) in [6.07, 6.45) is 0. The molecule has 62 heavy (non-hydrogen) atoms. The Morgan fingerprint density at radius 3 is 1.16 bits per heavy atom. The Kier molecular flexibility index (Phi) is 7.12. The molecule has 4 aliphatic carbocycles. The van der Waals surface area contributed by atoms with Gasteiger partial charge in [-0.3, -0.25) is 0 Å². The van der Waals surface area contributed by atoms with Gasteiger partial charge in [-0.25, -0.2) is 0 Å². The van der Waals surface area contributed by atoms with E-state index in [9.17, 15) is 0 Å². The van der Waals surface area contributed by atoms with Gasteiger partial charge in [0.1, 0.15) is 0 Å². The molecule has 13 rings (SSSR count). The predicted molar refractivity (Wildman–Crippen MR) is 258 cm³/mol. The Hall–Kier alpha value is -7.22. The van der Waals surface area contributed by atoms with Crippen molar-refractivity contribution in [1.82, 2.24) is 0 Å². The van der Waals surface area contributed by atoms with E-state index in [0.29, 0.717) is 0 Å². The van der Waals surface area contributed by atoms with Gasteiger partial charge in [0.05, 0.1) is 5.41 Å². The molecule has 0 radical (unpaired) electrons. The zero-order chi connectivity index (χ0) is 41.5. The number of nitrogens with zero attached hydrogens (tertiary/aromatic N) is 1. The number of rotatable bonds is 4. The van der Waals surface area contributed by atoms with Crippen molar-refractivity contribution in [3.8, 4) is 55.6 Å². The zero-order valence-corrected chi connectivity index (χ0v) is 35.5. The van der Waals surface area contributed by atoms with E-state index in [1.807, 2.05) is 0 Å². The van der Waals surface area contributed by atoms with E-state index in [4.69, 9.17) is 0 Å². The Labute approximate surface area is 364 Å². The first-order valence-electron chi connectivity index (χ1n) is 22.1. The van der Waals surface area contributed by atoms with Crippen molar-refractivity contribution in [3.05, 3.63) is 245 Å². The van der Waals surface area contributed by atoms with Crippen LogP contribution in [-0.4, -0.2) is 0 Å². The van der Waals surface area contributed by atoms with Gasteiger partial charge in [-0.15, -0.1) is 0 Å². The van der Waals surface area contributed by atoms with Crippen molar-refractivity contribution in [2.45, 2.75) is 43.9 Å². The average Bonchev–Trinajstić information content (AvgIpc) is 3.94. The van der Waals surface area contributed by atoms with Crippen molar-refractivity contribution < 1.29 is 0 Å². The van der Waals surface area contributed by atoms with Crippen LogP contribution < -0.4 is 4.90 Å². The fourth-order valence-corrected chi connectivity index (χ4v) is 12.3. The molecule has 1 heteroatoms. The number of anilines is 3. The standard InChI is InChI=1S/C61H45N/c1-59(2)50-24-12-8-19-43(50)47-32-29-39(35-55(47)59)62(40-30-33-48-44-20-9-13-25-51(44)60(3,4)56(48)36-40)41-31-34-49-57(37-41)61(52-26-14-10-21-45(52)46-22-11-15-27-53(46)61)54-28-16-23-42(58(49)54)38-17-6-5-7-18-38/h5-37H,1-4H3. The second kappa shape index (κ2) is 12.4. The molecule has 0 saturated carbocycles. The molecule has 0 unspecified atom stereocenters. The summed E-state index contributed by atoms with van der Waals surface area (Å²) in [6.45, 7) is 9.54. The lowest BCUT2D eigenvalue weighted by Gasteiger charge is -2.33. The van der Waals surface area contributed by atoms with E-state index in [0.717, 1.165) is 5.69 Å². The zero-order valence-electron chi connectivity index (χ0n) is 35.5. The van der Waals surface area contributed by atoms with Gasteiger partial charge in [0, 0.05) is 27.9 Å². The van der Waals surface area contributed by atoms with Gasteiger partial charge >= 0.3 is 0 Å². The predicted octanol–water partition coefficient (Wildman–Crippen LogP) is 15.8. The molecule has 1 nitrogen and oxygen atoms in total. The van der Waals surface area contributed by atoms with Gasteiger partial charge < -0.3 is 4.90 Å². The monoisotopic (exact) mass is 791 g/mol. The molecule has 0 bridgehead atoms. The van der Waals surface area contributed by atoms with Crippen LogP contribution in [0.1, 0.15) is 72.2 Å². The first-order chi connectivity index (χ1) is 30.3. The second-order valence-corrected chi connectivity index (χ2v) is 18.8. The smallest absolute Gasteiger partial charge is 0.0726 e. The summed E-state index contributed by atoms with van der Waals surface area (Å²) in [4.78, 5) is 2.54. The van der Waals surface area contributed by atoms with E-state index in [2.05, 4.69) is 233 Å². The highest BCUT2D eigenvalue weighted by molar-refractivity contribution is 6.01. The third kappa shape index (κ3) is 4.48. The van der Waals surface area contributed by atoms with Crippen LogP contribution in [0.15, 0.2) is 200 Å². The molecule has 1 spiro atoms. The van der Waals surface area contributed by atoms with Crippen LogP contribution in [0.4, 0.5) is 17.1 Å². The minimum Gasteiger partial charge on any atom is -0.310 e. The molecular formula is C61H45N. The molecule has 9 aromatic rings. The lowest BCUT2D eigenvalue weighted by molar-refractivity contribution is 0.660. The highest BCUT2D eigenvalue weighted by atomic mass is 15.1. The minimum atomic E-state index is -0.493. The van der Waals surface area contributed by atoms with Gasteiger partial charge in [0.25, 0.3) is 0 Å². The Balaban J connectivity index is 1.09. The molecule has 0 aromatic heterocycles. The van der Waals surface area contributed by atoms with Crippen LogP contribution in [0, 0.1) is 0 Å². The molecular weight excluding hydrogens is 747 g/mol. The van der Waals surface area contributed by atoms with E-state index in [1.54, 1.807) is 0 Å². The van der Waals surface area contributed by atoms with E-state index in [1.165, 1.54) is 112 Å². The molecule has 0 heterocycles. The van der Waals surface area contributed by atoms with Crippen LogP contribution >= 0.6 is 0 Å². The molecule has 294 valence electrons. The molecule has 0 amide bonds. The largest absolute Gasteiger partial charge is 0.310 e. The molecule has 9 aromatic carbocycles. The summed E-state index contributed by atoms with van der Waals surface area (Å²) in [5.74, 6) is 0. The highest BCUT2D eigenvalue weighted by Crippen LogP contribution is 2.65. The summed E-state index contributed by atoms with van der Waals surface area (Å²) in [6, 6.07) is 75.9. The van der Waals surface area contributed by atoms with E-state index >= 15 is 0 Å². The van der Waals surface area contributed by atoms with Crippen LogP contribution in [-0.2, 0) is 16.2 Å². The van der Waals surface area contributed by atoms with Crippen LogP contribution in [0.3, 0.4) is 0 Å². The van der Waals surface area contributed by atoms with Gasteiger partial charge in [-0.05, 0) is 137 Å². The summed E-state index contributed by atoms with van der Waals surface area (Å²) >= 11 is 0. The van der Waals surface area contributed by atoms with E-state index < -0.39 is 5.41 Å². The summed E-state index contributed by atoms with van der Waals surface area (Å²) in [5, 5.41) is 0. The minimum absolute atomic E-state index is 0.135. The van der Waals surface area contributed by atoms with Gasteiger partial charge in [-0.1, -0.05) is 191 Å². The van der Waals surface area contributed by atoms with Gasteiger partial charge in [0.2, 0.25) is 0 Å². The fourth-order valence-electron chi connectivity index (χ4n) is 12.3. The first-order valence-corrected chi connectivity index (χ1v) is 22.1. The average molecular weight is 792 g/mol. The van der Waals surface area contributed by atoms with Crippen molar-refractivity contribution >= 4 is 17.1 Å². The Bertz CT molecular complexity index is 3210. The Morgan fingerprint density at radius 1 is 0.274 bits per heavy atom. The van der Waals surface area contributed by atoms with Crippen LogP contribution in [0.2, 0.25) is 0 Å². The van der Waals surface area contributed by atoms with Crippen molar-refractivity contribution in [2.75, 3.05) is 4.90 Å². The maximum absolute atomic E-state index is 2.54. The van der Waals surface area contributed by atoms with Crippen molar-refractivity contribution in [1.29, 1.82) is 0 Å². The maximum atomic E-state index is 2.54. The molecule has 0 aliphatic heterocycles. The topological polar surface area (TPSA) is 3.24 Å². The second-order valence-electron chi connectivity index (χ2n) is 18.8. The number of benzene rings is 9. The first kappa shape index (κ1) is 35.5. The number of fused-ring (bicyclic) bond motifs is 16. The lowest BCUT2D eigenvalue weighted by atomic mass is 9.70. The third-order valence-corrected chi connectivity index (χ3v) is 15.1. The fraction of sp³-hybridized carbons (Fsp3) is 0.115. The van der Waals surface area contributed by atoms with Crippen LogP contribution in [0.5, 0.6) is 0 Å². The maximum Gasteiger partial charge on any atom is 0.0726 e. The summed E-state index contributed by atoms with van der Waals surface area (Å²) < 4.78 is 0.